The number of unbranched alkanes of at least 4 members (excludes halogenated alkanes) is 3. The summed E-state index contributed by atoms with van der Waals surface area (Å²) in [6, 6.07) is 15.2. The lowest BCUT2D eigenvalue weighted by atomic mass is 10.1. The smallest absolute Gasteiger partial charge is 0.247 e. The first-order valence-corrected chi connectivity index (χ1v) is 12.8. The van der Waals surface area contributed by atoms with Crippen molar-refractivity contribution in [2.24, 2.45) is 0 Å². The molecule has 0 N–H and O–H groups in total. The molecule has 1 aromatic heterocycles. The Balaban J connectivity index is 1.77. The Morgan fingerprint density at radius 2 is 1.85 bits per heavy atom. The van der Waals surface area contributed by atoms with Crippen molar-refractivity contribution in [2.45, 2.75) is 57.8 Å². The third-order valence-electron chi connectivity index (χ3n) is 5.56. The summed E-state index contributed by atoms with van der Waals surface area (Å²) in [5, 5.41) is 9.42. The van der Waals surface area contributed by atoms with E-state index in [1.807, 2.05) is 55.5 Å². The summed E-state index contributed by atoms with van der Waals surface area (Å²) in [6.07, 6.45) is 3.96. The number of hydrogen-bond acceptors (Lipinski definition) is 7. The van der Waals surface area contributed by atoms with E-state index in [9.17, 15) is 4.79 Å². The summed E-state index contributed by atoms with van der Waals surface area (Å²) in [5.41, 5.74) is 2.72. The number of hydrogen-bond donors (Lipinski definition) is 0. The van der Waals surface area contributed by atoms with Crippen molar-refractivity contribution in [3.05, 3.63) is 54.1 Å². The summed E-state index contributed by atoms with van der Waals surface area (Å²) in [4.78, 5) is 19.3. The lowest BCUT2D eigenvalue weighted by Gasteiger charge is -2.30. The zero-order chi connectivity index (χ0) is 23.9. The molecule has 0 saturated carbocycles. The van der Waals surface area contributed by atoms with Gasteiger partial charge in [-0.15, -0.1) is 10.2 Å². The van der Waals surface area contributed by atoms with Gasteiger partial charge in [-0.3, -0.25) is 9.69 Å². The van der Waals surface area contributed by atoms with E-state index >= 15 is 0 Å². The fourth-order valence-electron chi connectivity index (χ4n) is 3.98. The standard InChI is InChI=1S/C26H30N4O3S/c1-4-6-7-12-17-34-26-27-24-23(28-29-26)19-13-8-10-15-21(19)30(18(3)31)25(33-24)20-14-9-11-16-22(20)32-5-2/h8-11,13-16,25H,4-7,12,17H2,1-3H3. The third-order valence-corrected chi connectivity index (χ3v) is 6.49. The monoisotopic (exact) mass is 478 g/mol. The molecule has 1 atom stereocenters. The predicted molar refractivity (Wildman–Crippen MR) is 134 cm³/mol. The van der Waals surface area contributed by atoms with E-state index < -0.39 is 6.23 Å². The van der Waals surface area contributed by atoms with Crippen LogP contribution in [0.1, 0.15) is 58.2 Å². The van der Waals surface area contributed by atoms with Gasteiger partial charge >= 0.3 is 0 Å². The molecule has 1 aliphatic rings. The molecule has 0 fully saturated rings. The highest BCUT2D eigenvalue weighted by Gasteiger charge is 2.35. The van der Waals surface area contributed by atoms with Crippen LogP contribution < -0.4 is 14.4 Å². The van der Waals surface area contributed by atoms with Crippen molar-refractivity contribution in [2.75, 3.05) is 17.3 Å². The SMILES string of the molecule is CCCCCCSc1nnc2c(n1)OC(c1ccccc1OCC)N(C(C)=O)c1ccccc1-2. The number of carbonyl (C=O) groups is 1. The number of aromatic nitrogens is 3. The van der Waals surface area contributed by atoms with Gasteiger partial charge in [0.1, 0.15) is 5.75 Å². The second-order valence-electron chi connectivity index (χ2n) is 8.00. The molecule has 2 aromatic carbocycles. The highest BCUT2D eigenvalue weighted by molar-refractivity contribution is 7.99. The largest absolute Gasteiger partial charge is 0.493 e. The summed E-state index contributed by atoms with van der Waals surface area (Å²) in [7, 11) is 0. The number of rotatable bonds is 9. The van der Waals surface area contributed by atoms with Gasteiger partial charge in [-0.2, -0.15) is 4.98 Å². The number of thioether (sulfide) groups is 1. The summed E-state index contributed by atoms with van der Waals surface area (Å²) in [6.45, 7) is 6.16. The lowest BCUT2D eigenvalue weighted by molar-refractivity contribution is -0.118. The zero-order valence-corrected chi connectivity index (χ0v) is 20.7. The molecule has 1 aliphatic heterocycles. The minimum atomic E-state index is -0.762. The van der Waals surface area contributed by atoms with Gasteiger partial charge in [-0.1, -0.05) is 68.3 Å². The summed E-state index contributed by atoms with van der Waals surface area (Å²) >= 11 is 1.58. The molecule has 0 spiro atoms. The number of benzene rings is 2. The quantitative estimate of drug-likeness (QED) is 0.273. The molecule has 1 unspecified atom stereocenters. The molecular weight excluding hydrogens is 448 g/mol. The van der Waals surface area contributed by atoms with E-state index in [1.165, 1.54) is 26.2 Å². The van der Waals surface area contributed by atoms with Crippen LogP contribution in [-0.2, 0) is 4.79 Å². The normalized spacial score (nSPS) is 14.6. The second-order valence-corrected chi connectivity index (χ2v) is 9.07. The van der Waals surface area contributed by atoms with E-state index in [-0.39, 0.29) is 5.91 Å². The first-order chi connectivity index (χ1) is 16.6. The molecule has 3 aromatic rings. The molecule has 7 nitrogen and oxygen atoms in total. The van der Waals surface area contributed by atoms with Gasteiger partial charge in [0, 0.05) is 18.2 Å². The number of para-hydroxylation sites is 2. The number of nitrogens with zero attached hydrogens (tertiary/aromatic N) is 4. The van der Waals surface area contributed by atoms with Gasteiger partial charge in [-0.05, 0) is 31.5 Å². The van der Waals surface area contributed by atoms with Crippen LogP contribution in [0.5, 0.6) is 11.6 Å². The molecule has 0 bridgehead atoms. The molecule has 4 rings (SSSR count). The molecule has 178 valence electrons. The minimum absolute atomic E-state index is 0.157. The Bertz CT molecular complexity index is 1140. The number of ether oxygens (including phenoxy) is 2. The molecule has 2 heterocycles. The van der Waals surface area contributed by atoms with Crippen molar-refractivity contribution in [1.82, 2.24) is 15.2 Å². The van der Waals surface area contributed by atoms with Crippen LogP contribution in [-0.4, -0.2) is 33.4 Å². The minimum Gasteiger partial charge on any atom is -0.493 e. The van der Waals surface area contributed by atoms with Gasteiger partial charge in [0.25, 0.3) is 0 Å². The van der Waals surface area contributed by atoms with Gasteiger partial charge in [0.2, 0.25) is 23.2 Å². The third kappa shape index (κ3) is 5.17. The Kier molecular flexibility index (Phi) is 8.00. The van der Waals surface area contributed by atoms with Gasteiger partial charge in [0.05, 0.1) is 17.9 Å². The Labute approximate surface area is 204 Å². The van der Waals surface area contributed by atoms with Crippen molar-refractivity contribution in [3.8, 4) is 22.9 Å². The zero-order valence-electron chi connectivity index (χ0n) is 19.9. The van der Waals surface area contributed by atoms with Crippen LogP contribution in [0.25, 0.3) is 11.3 Å². The first kappa shape index (κ1) is 24.0. The highest BCUT2D eigenvalue weighted by atomic mass is 32.2. The van der Waals surface area contributed by atoms with E-state index in [4.69, 9.17) is 14.5 Å². The van der Waals surface area contributed by atoms with Crippen LogP contribution >= 0.6 is 11.8 Å². The number of amides is 1. The fourth-order valence-corrected chi connectivity index (χ4v) is 4.76. The lowest BCUT2D eigenvalue weighted by Crippen LogP contribution is -2.36. The van der Waals surface area contributed by atoms with E-state index in [0.717, 1.165) is 23.3 Å². The average Bonchev–Trinajstić information content (AvgIpc) is 2.99. The molecule has 0 saturated heterocycles. The van der Waals surface area contributed by atoms with Crippen molar-refractivity contribution in [1.29, 1.82) is 0 Å². The van der Waals surface area contributed by atoms with Crippen molar-refractivity contribution in [3.63, 3.8) is 0 Å². The van der Waals surface area contributed by atoms with Crippen LogP contribution in [0, 0.1) is 0 Å². The Morgan fingerprint density at radius 1 is 1.06 bits per heavy atom. The topological polar surface area (TPSA) is 77.4 Å². The predicted octanol–water partition coefficient (Wildman–Crippen LogP) is 6.05. The number of fused-ring (bicyclic) bond motifs is 3. The maximum absolute atomic E-state index is 13.0. The van der Waals surface area contributed by atoms with Crippen molar-refractivity contribution < 1.29 is 14.3 Å². The maximum Gasteiger partial charge on any atom is 0.247 e. The van der Waals surface area contributed by atoms with Crippen LogP contribution in [0.2, 0.25) is 0 Å². The summed E-state index contributed by atoms with van der Waals surface area (Å²) in [5.74, 6) is 1.79. The number of anilines is 1. The van der Waals surface area contributed by atoms with Gasteiger partial charge in [-0.25, -0.2) is 0 Å². The molecular formula is C26H30N4O3S. The van der Waals surface area contributed by atoms with E-state index in [2.05, 4.69) is 17.1 Å². The number of carbonyl (C=O) groups excluding carboxylic acids is 1. The van der Waals surface area contributed by atoms with E-state index in [0.29, 0.717) is 34.8 Å². The molecule has 34 heavy (non-hydrogen) atoms. The van der Waals surface area contributed by atoms with Crippen LogP contribution in [0.3, 0.4) is 0 Å². The van der Waals surface area contributed by atoms with Gasteiger partial charge in [0.15, 0.2) is 5.69 Å². The molecule has 0 aliphatic carbocycles. The molecule has 0 radical (unpaired) electrons. The Morgan fingerprint density at radius 3 is 2.65 bits per heavy atom. The second kappa shape index (κ2) is 11.3. The van der Waals surface area contributed by atoms with Crippen LogP contribution in [0.4, 0.5) is 5.69 Å². The van der Waals surface area contributed by atoms with Crippen LogP contribution in [0.15, 0.2) is 53.7 Å². The fraction of sp³-hybridized carbons (Fsp3) is 0.385. The van der Waals surface area contributed by atoms with Gasteiger partial charge < -0.3 is 9.47 Å². The van der Waals surface area contributed by atoms with E-state index in [1.54, 1.807) is 16.7 Å². The average molecular weight is 479 g/mol. The maximum atomic E-state index is 13.0. The molecule has 1 amide bonds. The Hall–Kier alpha value is -3.13. The summed E-state index contributed by atoms with van der Waals surface area (Å²) < 4.78 is 12.3. The first-order valence-electron chi connectivity index (χ1n) is 11.8. The van der Waals surface area contributed by atoms with Crippen molar-refractivity contribution >= 4 is 23.4 Å². The molecule has 8 heteroatoms. The highest BCUT2D eigenvalue weighted by Crippen LogP contribution is 2.44.